The Morgan fingerprint density at radius 1 is 1.25 bits per heavy atom. The third-order valence-electron chi connectivity index (χ3n) is 6.38. The summed E-state index contributed by atoms with van der Waals surface area (Å²) in [4.78, 5) is 32.5. The van der Waals surface area contributed by atoms with Crippen LogP contribution in [-0.2, 0) is 16.1 Å². The van der Waals surface area contributed by atoms with Crippen molar-refractivity contribution in [1.82, 2.24) is 24.6 Å². The minimum Gasteiger partial charge on any atom is -0.370 e. The van der Waals surface area contributed by atoms with Gasteiger partial charge in [0, 0.05) is 57.4 Å². The topological polar surface area (TPSA) is 92.6 Å². The van der Waals surface area contributed by atoms with Crippen molar-refractivity contribution in [1.29, 1.82) is 0 Å². The van der Waals surface area contributed by atoms with Crippen LogP contribution in [0.4, 0.5) is 10.1 Å². The second-order valence-electron chi connectivity index (χ2n) is 9.25. The Labute approximate surface area is 209 Å². The minimum atomic E-state index is -0.464. The van der Waals surface area contributed by atoms with Crippen LogP contribution in [0.5, 0.6) is 0 Å². The minimum absolute atomic E-state index is 0.0337. The molecule has 2 amide bonds. The van der Waals surface area contributed by atoms with Crippen LogP contribution in [0, 0.1) is 12.7 Å². The summed E-state index contributed by atoms with van der Waals surface area (Å²) in [5, 5.41) is 7.25. The number of amides is 2. The quantitative estimate of drug-likeness (QED) is 0.492. The lowest BCUT2D eigenvalue weighted by molar-refractivity contribution is -0.134. The van der Waals surface area contributed by atoms with Gasteiger partial charge in [0.2, 0.25) is 5.91 Å². The molecule has 1 N–H and O–H groups in total. The van der Waals surface area contributed by atoms with E-state index in [1.807, 2.05) is 16.9 Å². The van der Waals surface area contributed by atoms with Gasteiger partial charge in [0.25, 0.3) is 5.91 Å². The van der Waals surface area contributed by atoms with Gasteiger partial charge in [-0.25, -0.2) is 4.39 Å². The summed E-state index contributed by atoms with van der Waals surface area (Å²) in [6.45, 7) is 3.94. The number of anilines is 1. The number of hydrogen-bond acceptors (Lipinski definition) is 6. The zero-order chi connectivity index (χ0) is 25.7. The molecule has 0 saturated carbocycles. The first-order valence-electron chi connectivity index (χ1n) is 11.8. The highest BCUT2D eigenvalue weighted by Gasteiger charge is 2.34. The molecule has 2 aromatic heterocycles. The molecular formula is C26H31FN6O3. The van der Waals surface area contributed by atoms with E-state index in [2.05, 4.69) is 27.2 Å². The number of rotatable bonds is 9. The van der Waals surface area contributed by atoms with Gasteiger partial charge >= 0.3 is 0 Å². The molecule has 1 fully saturated rings. The summed E-state index contributed by atoms with van der Waals surface area (Å²) in [5.74, 6) is -0.940. The van der Waals surface area contributed by atoms with Gasteiger partial charge < -0.3 is 15.0 Å². The Kier molecular flexibility index (Phi) is 8.07. The second kappa shape index (κ2) is 11.4. The number of nitrogens with zero attached hydrogens (tertiary/aromatic N) is 5. The van der Waals surface area contributed by atoms with Crippen molar-refractivity contribution < 1.29 is 18.7 Å². The zero-order valence-corrected chi connectivity index (χ0v) is 20.7. The molecule has 4 rings (SSSR count). The number of likely N-dealkylation sites (N-methyl/N-ethyl adjacent to an activating group) is 1. The Bertz CT molecular complexity index is 1210. The standard InChI is InChI=1S/C26H31FN6O3/c1-18-7-8-28-11-20(18)13-32-15-23(10-24(32)16-36-17-25(34)31(2)3)33-14-22(12-29-33)30-26(35)19-5-4-6-21(27)9-19/h4-9,11-12,14,23-24H,10,13,15-17H2,1-3H3,(H,30,35)/t23-,24-/m0/s1. The SMILES string of the molecule is Cc1ccncc1CN1C[C@@H](n2cc(NC(=O)c3cccc(F)c3)cn2)C[C@H]1COCC(=O)N(C)C. The van der Waals surface area contributed by atoms with Crippen LogP contribution in [-0.4, -0.2) is 76.3 Å². The monoisotopic (exact) mass is 494 g/mol. The van der Waals surface area contributed by atoms with Crippen molar-refractivity contribution in [3.8, 4) is 0 Å². The van der Waals surface area contributed by atoms with Crippen LogP contribution in [0.15, 0.2) is 55.1 Å². The zero-order valence-electron chi connectivity index (χ0n) is 20.7. The highest BCUT2D eigenvalue weighted by molar-refractivity contribution is 6.04. The third-order valence-corrected chi connectivity index (χ3v) is 6.38. The molecule has 0 aliphatic carbocycles. The van der Waals surface area contributed by atoms with Gasteiger partial charge in [-0.1, -0.05) is 6.07 Å². The first-order chi connectivity index (χ1) is 17.3. The number of likely N-dealkylation sites (tertiary alicyclic amines) is 1. The van der Waals surface area contributed by atoms with Gasteiger partial charge in [0.05, 0.1) is 24.5 Å². The van der Waals surface area contributed by atoms with Gasteiger partial charge in [-0.15, -0.1) is 0 Å². The van der Waals surface area contributed by atoms with Crippen molar-refractivity contribution in [3.63, 3.8) is 0 Å². The number of carbonyl (C=O) groups is 2. The predicted octanol–water partition coefficient (Wildman–Crippen LogP) is 2.90. The maximum Gasteiger partial charge on any atom is 0.255 e. The molecule has 9 nitrogen and oxygen atoms in total. The summed E-state index contributed by atoms with van der Waals surface area (Å²) in [7, 11) is 3.41. The van der Waals surface area contributed by atoms with Crippen LogP contribution >= 0.6 is 0 Å². The number of hydrogen-bond donors (Lipinski definition) is 1. The number of aryl methyl sites for hydroxylation is 1. The first kappa shape index (κ1) is 25.5. The molecule has 3 aromatic rings. The molecule has 0 unspecified atom stereocenters. The molecule has 0 bridgehead atoms. The first-order valence-corrected chi connectivity index (χ1v) is 11.8. The van der Waals surface area contributed by atoms with Gasteiger partial charge in [0.1, 0.15) is 12.4 Å². The fourth-order valence-corrected chi connectivity index (χ4v) is 4.24. The van der Waals surface area contributed by atoms with E-state index in [1.54, 1.807) is 38.8 Å². The largest absolute Gasteiger partial charge is 0.370 e. The Morgan fingerprint density at radius 2 is 2.08 bits per heavy atom. The van der Waals surface area contributed by atoms with Gasteiger partial charge in [-0.3, -0.25) is 24.2 Å². The lowest BCUT2D eigenvalue weighted by atomic mass is 10.1. The molecule has 1 aliphatic heterocycles. The molecule has 0 spiro atoms. The Morgan fingerprint density at radius 3 is 2.83 bits per heavy atom. The average molecular weight is 495 g/mol. The maximum absolute atomic E-state index is 13.5. The summed E-state index contributed by atoms with van der Waals surface area (Å²) < 4.78 is 21.1. The molecule has 36 heavy (non-hydrogen) atoms. The molecule has 190 valence electrons. The van der Waals surface area contributed by atoms with Crippen LogP contribution in [0.25, 0.3) is 0 Å². The molecule has 1 aromatic carbocycles. The normalized spacial score (nSPS) is 17.8. The molecule has 2 atom stereocenters. The van der Waals surface area contributed by atoms with E-state index in [-0.39, 0.29) is 30.2 Å². The van der Waals surface area contributed by atoms with E-state index >= 15 is 0 Å². The summed E-state index contributed by atoms with van der Waals surface area (Å²) >= 11 is 0. The lowest BCUT2D eigenvalue weighted by Crippen LogP contribution is -2.35. The van der Waals surface area contributed by atoms with Gasteiger partial charge in [-0.2, -0.15) is 5.10 Å². The van der Waals surface area contributed by atoms with E-state index in [0.29, 0.717) is 18.8 Å². The highest BCUT2D eigenvalue weighted by Crippen LogP contribution is 2.30. The molecular weight excluding hydrogens is 463 g/mol. The molecule has 3 heterocycles. The molecule has 1 aliphatic rings. The number of nitrogens with one attached hydrogen (secondary N) is 1. The second-order valence-corrected chi connectivity index (χ2v) is 9.25. The van der Waals surface area contributed by atoms with Crippen LogP contribution in [0.3, 0.4) is 0 Å². The van der Waals surface area contributed by atoms with E-state index < -0.39 is 11.7 Å². The van der Waals surface area contributed by atoms with Crippen molar-refractivity contribution in [3.05, 3.63) is 77.6 Å². The Hall–Kier alpha value is -3.63. The maximum atomic E-state index is 13.5. The predicted molar refractivity (Wildman–Crippen MR) is 133 cm³/mol. The number of benzene rings is 1. The van der Waals surface area contributed by atoms with Crippen LogP contribution < -0.4 is 5.32 Å². The summed E-state index contributed by atoms with van der Waals surface area (Å²) in [5.41, 5.74) is 3.08. The number of halogens is 1. The van der Waals surface area contributed by atoms with E-state index in [4.69, 9.17) is 4.74 Å². The van der Waals surface area contributed by atoms with Gasteiger partial charge in [0.15, 0.2) is 0 Å². The van der Waals surface area contributed by atoms with E-state index in [9.17, 15) is 14.0 Å². The number of pyridine rings is 1. The fraction of sp³-hybridized carbons (Fsp3) is 0.385. The third kappa shape index (κ3) is 6.32. The number of aromatic nitrogens is 3. The lowest BCUT2D eigenvalue weighted by Gasteiger charge is -2.24. The van der Waals surface area contributed by atoms with Crippen molar-refractivity contribution in [2.75, 3.05) is 39.2 Å². The average Bonchev–Trinajstić information content (AvgIpc) is 3.47. The van der Waals surface area contributed by atoms with Crippen LogP contribution in [0.2, 0.25) is 0 Å². The van der Waals surface area contributed by atoms with Crippen molar-refractivity contribution >= 4 is 17.5 Å². The highest BCUT2D eigenvalue weighted by atomic mass is 19.1. The fourth-order valence-electron chi connectivity index (χ4n) is 4.24. The Balaban J connectivity index is 1.44. The van der Waals surface area contributed by atoms with Crippen LogP contribution in [0.1, 0.15) is 33.9 Å². The molecule has 10 heteroatoms. The number of carbonyl (C=O) groups excluding carboxylic acids is 2. The smallest absolute Gasteiger partial charge is 0.255 e. The molecule has 1 saturated heterocycles. The molecule has 0 radical (unpaired) electrons. The van der Waals surface area contributed by atoms with Crippen molar-refractivity contribution in [2.24, 2.45) is 0 Å². The number of ether oxygens (including phenoxy) is 1. The van der Waals surface area contributed by atoms with Gasteiger partial charge in [-0.05, 0) is 48.7 Å². The summed E-state index contributed by atoms with van der Waals surface area (Å²) in [6, 6.07) is 7.68. The summed E-state index contributed by atoms with van der Waals surface area (Å²) in [6.07, 6.45) is 7.81. The van der Waals surface area contributed by atoms with E-state index in [1.165, 1.54) is 23.1 Å². The van der Waals surface area contributed by atoms with Crippen molar-refractivity contribution in [2.45, 2.75) is 32.0 Å². The van der Waals surface area contributed by atoms with E-state index in [0.717, 1.165) is 24.1 Å².